The molecule has 0 aromatic heterocycles. The minimum atomic E-state index is 0.0513. The van der Waals surface area contributed by atoms with Gasteiger partial charge in [-0.15, -0.1) is 0 Å². The molecule has 0 fully saturated rings. The summed E-state index contributed by atoms with van der Waals surface area (Å²) in [4.78, 5) is 0. The predicted octanol–water partition coefficient (Wildman–Crippen LogP) is 4.54. The Balaban J connectivity index is 2.79. The van der Waals surface area contributed by atoms with E-state index in [1.165, 1.54) is 6.08 Å². The second-order valence-electron chi connectivity index (χ2n) is 3.18. The second-order valence-corrected chi connectivity index (χ2v) is 4.00. The van der Waals surface area contributed by atoms with Gasteiger partial charge >= 0.3 is 0 Å². The number of hydrogen-bond donors (Lipinski definition) is 0. The van der Waals surface area contributed by atoms with Gasteiger partial charge in [-0.05, 0) is 18.2 Å². The van der Waals surface area contributed by atoms with E-state index in [1.807, 2.05) is 0 Å². The van der Waals surface area contributed by atoms with Crippen LogP contribution < -0.4 is 0 Å². The van der Waals surface area contributed by atoms with Crippen LogP contribution in [0.3, 0.4) is 0 Å². The van der Waals surface area contributed by atoms with Crippen molar-refractivity contribution in [2.24, 2.45) is 0 Å². The molecule has 0 aliphatic heterocycles. The number of allylic oxidation sites excluding steroid dienone is 5. The first-order valence-corrected chi connectivity index (χ1v) is 5.74. The van der Waals surface area contributed by atoms with Crippen molar-refractivity contribution in [1.82, 2.24) is 0 Å². The number of rotatable bonds is 3. The van der Waals surface area contributed by atoms with E-state index in [9.17, 15) is 0 Å². The van der Waals surface area contributed by atoms with Gasteiger partial charge in [-0.25, -0.2) is 0 Å². The lowest BCUT2D eigenvalue weighted by Gasteiger charge is -1.99. The fourth-order valence-corrected chi connectivity index (χ4v) is 1.66. The van der Waals surface area contributed by atoms with Gasteiger partial charge in [0.05, 0.1) is 0 Å². The maximum Gasteiger partial charge on any atom is 0.129 e. The maximum absolute atomic E-state index is 8.51. The van der Waals surface area contributed by atoms with Crippen LogP contribution in [0.4, 0.5) is 0 Å². The van der Waals surface area contributed by atoms with Crippen molar-refractivity contribution in [1.29, 1.82) is 10.5 Å². The average Bonchev–Trinajstić information content (AvgIpc) is 2.37. The fraction of sp³-hybridized carbons (Fsp3) is 0. The molecule has 1 rings (SSSR count). The Labute approximate surface area is 116 Å². The lowest BCUT2D eigenvalue weighted by molar-refractivity contribution is 1.46. The van der Waals surface area contributed by atoms with Gasteiger partial charge in [0.15, 0.2) is 0 Å². The molecule has 0 bridgehead atoms. The Kier molecular flexibility index (Phi) is 5.74. The van der Waals surface area contributed by atoms with E-state index in [-0.39, 0.29) is 5.57 Å². The van der Waals surface area contributed by atoms with Crippen LogP contribution in [0.25, 0.3) is 6.08 Å². The van der Waals surface area contributed by atoms with Crippen LogP contribution in [-0.4, -0.2) is 0 Å². The first kappa shape index (κ1) is 14.1. The molecular weight excluding hydrogens is 267 g/mol. The Morgan fingerprint density at radius 3 is 2.17 bits per heavy atom. The molecular formula is C14H8Cl2N2. The van der Waals surface area contributed by atoms with Crippen LogP contribution in [0.1, 0.15) is 5.56 Å². The second kappa shape index (κ2) is 7.35. The summed E-state index contributed by atoms with van der Waals surface area (Å²) < 4.78 is 0. The molecule has 0 saturated carbocycles. The molecule has 0 aliphatic rings. The van der Waals surface area contributed by atoms with E-state index in [4.69, 9.17) is 33.7 Å². The molecule has 0 N–H and O–H groups in total. The highest BCUT2D eigenvalue weighted by Crippen LogP contribution is 2.25. The summed E-state index contributed by atoms with van der Waals surface area (Å²) in [7, 11) is 0. The third-order valence-electron chi connectivity index (χ3n) is 1.99. The molecule has 0 atom stereocenters. The molecule has 1 aromatic carbocycles. The zero-order valence-corrected chi connectivity index (χ0v) is 10.8. The number of nitriles is 2. The highest BCUT2D eigenvalue weighted by Gasteiger charge is 1.99. The lowest BCUT2D eigenvalue weighted by atomic mass is 10.2. The Bertz CT molecular complexity index is 563. The van der Waals surface area contributed by atoms with Gasteiger partial charge in [0.25, 0.3) is 0 Å². The van der Waals surface area contributed by atoms with Crippen LogP contribution in [0.15, 0.2) is 48.1 Å². The standard InChI is InChI=1S/C14H8Cl2N2/c15-13-7-4-8-14(16)12(13)6-3-1-2-5-11(9-17)10-18/h1-8H/b2-1+,6-3+. The largest absolute Gasteiger partial charge is 0.192 e. The van der Waals surface area contributed by atoms with Crippen molar-refractivity contribution in [3.05, 3.63) is 63.7 Å². The lowest BCUT2D eigenvalue weighted by Crippen LogP contribution is -1.76. The van der Waals surface area contributed by atoms with Crippen LogP contribution >= 0.6 is 23.2 Å². The van der Waals surface area contributed by atoms with Crippen molar-refractivity contribution >= 4 is 29.3 Å². The van der Waals surface area contributed by atoms with Crippen molar-refractivity contribution in [2.75, 3.05) is 0 Å². The Hall–Kier alpha value is -2.00. The molecule has 2 nitrogen and oxygen atoms in total. The minimum Gasteiger partial charge on any atom is -0.192 e. The number of nitrogens with zero attached hydrogens (tertiary/aromatic N) is 2. The Morgan fingerprint density at radius 1 is 1.00 bits per heavy atom. The summed E-state index contributed by atoms with van der Waals surface area (Å²) in [6.45, 7) is 0. The number of benzene rings is 1. The number of halogens is 2. The molecule has 4 heteroatoms. The van der Waals surface area contributed by atoms with Crippen LogP contribution in [-0.2, 0) is 0 Å². The topological polar surface area (TPSA) is 47.6 Å². The first-order chi connectivity index (χ1) is 8.69. The zero-order valence-electron chi connectivity index (χ0n) is 9.27. The molecule has 88 valence electrons. The quantitative estimate of drug-likeness (QED) is 0.600. The van der Waals surface area contributed by atoms with Crippen molar-refractivity contribution in [3.8, 4) is 12.1 Å². The van der Waals surface area contributed by atoms with E-state index in [0.29, 0.717) is 10.0 Å². The SMILES string of the molecule is N#CC(C#N)=C/C=C/C=C/c1c(Cl)cccc1Cl. The summed E-state index contributed by atoms with van der Waals surface area (Å²) in [5.41, 5.74) is 0.783. The van der Waals surface area contributed by atoms with Crippen molar-refractivity contribution < 1.29 is 0 Å². The van der Waals surface area contributed by atoms with E-state index in [1.54, 1.807) is 54.6 Å². The summed E-state index contributed by atoms with van der Waals surface area (Å²) in [5, 5.41) is 18.1. The smallest absolute Gasteiger partial charge is 0.129 e. The van der Waals surface area contributed by atoms with Crippen LogP contribution in [0, 0.1) is 22.7 Å². The first-order valence-electron chi connectivity index (χ1n) is 4.98. The minimum absolute atomic E-state index is 0.0513. The van der Waals surface area contributed by atoms with E-state index in [2.05, 4.69) is 0 Å². The van der Waals surface area contributed by atoms with Gasteiger partial charge in [-0.3, -0.25) is 0 Å². The summed E-state index contributed by atoms with van der Waals surface area (Å²) >= 11 is 12.0. The fourth-order valence-electron chi connectivity index (χ4n) is 1.14. The third kappa shape index (κ3) is 4.11. The zero-order chi connectivity index (χ0) is 13.4. The van der Waals surface area contributed by atoms with Gasteiger partial charge in [0.2, 0.25) is 0 Å². The van der Waals surface area contributed by atoms with Gasteiger partial charge in [-0.2, -0.15) is 10.5 Å². The molecule has 0 unspecified atom stereocenters. The average molecular weight is 275 g/mol. The van der Waals surface area contributed by atoms with Gasteiger partial charge in [-0.1, -0.05) is 53.6 Å². The number of hydrogen-bond acceptors (Lipinski definition) is 2. The van der Waals surface area contributed by atoms with E-state index < -0.39 is 0 Å². The van der Waals surface area contributed by atoms with Crippen LogP contribution in [0.2, 0.25) is 10.0 Å². The normalized spacial score (nSPS) is 10.2. The van der Waals surface area contributed by atoms with Gasteiger partial charge in [0.1, 0.15) is 17.7 Å². The summed E-state index contributed by atoms with van der Waals surface area (Å²) in [6.07, 6.45) is 8.21. The molecule has 18 heavy (non-hydrogen) atoms. The highest BCUT2D eigenvalue weighted by atomic mass is 35.5. The molecule has 0 radical (unpaired) electrons. The van der Waals surface area contributed by atoms with E-state index >= 15 is 0 Å². The molecule has 0 aliphatic carbocycles. The van der Waals surface area contributed by atoms with Gasteiger partial charge < -0.3 is 0 Å². The van der Waals surface area contributed by atoms with Crippen molar-refractivity contribution in [3.63, 3.8) is 0 Å². The molecule has 0 saturated heterocycles. The monoisotopic (exact) mass is 274 g/mol. The van der Waals surface area contributed by atoms with Gasteiger partial charge in [0, 0.05) is 15.6 Å². The highest BCUT2D eigenvalue weighted by molar-refractivity contribution is 6.37. The summed E-state index contributed by atoms with van der Waals surface area (Å²) in [5.74, 6) is 0. The predicted molar refractivity (Wildman–Crippen MR) is 73.9 cm³/mol. The molecule has 1 aromatic rings. The summed E-state index contributed by atoms with van der Waals surface area (Å²) in [6, 6.07) is 8.79. The van der Waals surface area contributed by atoms with Crippen molar-refractivity contribution in [2.45, 2.75) is 0 Å². The van der Waals surface area contributed by atoms with E-state index in [0.717, 1.165) is 5.56 Å². The van der Waals surface area contributed by atoms with Crippen LogP contribution in [0.5, 0.6) is 0 Å². The molecule has 0 amide bonds. The Morgan fingerprint density at radius 2 is 1.61 bits per heavy atom. The molecule has 0 heterocycles. The third-order valence-corrected chi connectivity index (χ3v) is 2.65. The molecule has 0 spiro atoms. The maximum atomic E-state index is 8.51.